The second kappa shape index (κ2) is 5.78. The number of allylic oxidation sites excluding steroid dienone is 2. The van der Waals surface area contributed by atoms with Gasteiger partial charge in [-0.05, 0) is 6.08 Å². The molecular formula is C10H18N2O. The van der Waals surface area contributed by atoms with Crippen LogP contribution in [0.15, 0.2) is 24.4 Å². The zero-order chi connectivity index (χ0) is 9.52. The molecule has 0 aromatic heterocycles. The average molecular weight is 182 g/mol. The third-order valence-electron chi connectivity index (χ3n) is 2.14. The van der Waals surface area contributed by atoms with Gasteiger partial charge in [0.1, 0.15) is 0 Å². The highest BCUT2D eigenvalue weighted by Gasteiger charge is 2.10. The van der Waals surface area contributed by atoms with Gasteiger partial charge in [0, 0.05) is 32.4 Å². The van der Waals surface area contributed by atoms with Crippen LogP contribution in [0.5, 0.6) is 0 Å². The Bertz CT molecular complexity index is 183. The summed E-state index contributed by atoms with van der Waals surface area (Å²) in [4.78, 5) is 2.37. The Morgan fingerprint density at radius 1 is 1.54 bits per heavy atom. The van der Waals surface area contributed by atoms with E-state index in [4.69, 9.17) is 4.74 Å². The summed E-state index contributed by atoms with van der Waals surface area (Å²) in [5, 5.41) is 3.16. The molecule has 0 atom stereocenters. The molecule has 0 saturated carbocycles. The van der Waals surface area contributed by atoms with Crippen molar-refractivity contribution >= 4 is 0 Å². The molecule has 1 saturated heterocycles. The maximum absolute atomic E-state index is 5.27. The Hall–Kier alpha value is -0.800. The number of nitrogens with zero attached hydrogens (tertiary/aromatic N) is 1. The van der Waals surface area contributed by atoms with Gasteiger partial charge in [-0.15, -0.1) is 0 Å². The van der Waals surface area contributed by atoms with E-state index >= 15 is 0 Å². The first-order chi connectivity index (χ1) is 6.36. The number of rotatable bonds is 4. The fraction of sp³-hybridized carbons (Fsp3) is 0.600. The Kier molecular flexibility index (Phi) is 4.57. The molecule has 0 spiro atoms. The van der Waals surface area contributed by atoms with Crippen LogP contribution in [0.4, 0.5) is 0 Å². The summed E-state index contributed by atoms with van der Waals surface area (Å²) < 4.78 is 5.27. The summed E-state index contributed by atoms with van der Waals surface area (Å²) in [7, 11) is 1.94. The van der Waals surface area contributed by atoms with Crippen LogP contribution >= 0.6 is 0 Å². The second-order valence-electron chi connectivity index (χ2n) is 3.07. The molecule has 1 aliphatic heterocycles. The van der Waals surface area contributed by atoms with Gasteiger partial charge in [-0.2, -0.15) is 0 Å². The molecule has 1 rings (SSSR count). The first-order valence-electron chi connectivity index (χ1n) is 4.66. The number of morpholine rings is 1. The highest BCUT2D eigenvalue weighted by molar-refractivity contribution is 5.09. The largest absolute Gasteiger partial charge is 0.390 e. The van der Waals surface area contributed by atoms with Crippen molar-refractivity contribution in [1.29, 1.82) is 0 Å². The van der Waals surface area contributed by atoms with Gasteiger partial charge >= 0.3 is 0 Å². The van der Waals surface area contributed by atoms with Gasteiger partial charge in [-0.3, -0.25) is 4.90 Å². The lowest BCUT2D eigenvalue weighted by atomic mass is 10.3. The van der Waals surface area contributed by atoms with Crippen molar-refractivity contribution in [1.82, 2.24) is 10.2 Å². The van der Waals surface area contributed by atoms with Gasteiger partial charge in [-0.25, -0.2) is 0 Å². The van der Waals surface area contributed by atoms with E-state index in [2.05, 4.69) is 16.8 Å². The van der Waals surface area contributed by atoms with Crippen molar-refractivity contribution in [3.05, 3.63) is 24.4 Å². The molecule has 0 aromatic carbocycles. The van der Waals surface area contributed by atoms with Crippen LogP contribution in [-0.2, 0) is 4.74 Å². The fourth-order valence-corrected chi connectivity index (χ4v) is 1.36. The Labute approximate surface area is 80.1 Å². The molecule has 0 aromatic rings. The minimum atomic E-state index is 0.852. The predicted octanol–water partition coefficient (Wildman–Crippen LogP) is 0.608. The van der Waals surface area contributed by atoms with E-state index in [1.54, 1.807) is 0 Å². The quantitative estimate of drug-likeness (QED) is 0.645. The molecule has 1 N–H and O–H groups in total. The maximum atomic E-state index is 5.27. The molecule has 13 heavy (non-hydrogen) atoms. The minimum Gasteiger partial charge on any atom is -0.390 e. The summed E-state index contributed by atoms with van der Waals surface area (Å²) in [6.07, 6.45) is 3.82. The van der Waals surface area contributed by atoms with Crippen LogP contribution in [0, 0.1) is 0 Å². The molecule has 1 fully saturated rings. The Morgan fingerprint density at radius 3 is 2.77 bits per heavy atom. The number of ether oxygens (including phenoxy) is 1. The number of hydrogen-bond donors (Lipinski definition) is 1. The van der Waals surface area contributed by atoms with Crippen molar-refractivity contribution in [2.45, 2.75) is 0 Å². The van der Waals surface area contributed by atoms with E-state index in [1.807, 2.05) is 19.2 Å². The van der Waals surface area contributed by atoms with Crippen LogP contribution in [0.3, 0.4) is 0 Å². The molecule has 1 aliphatic rings. The first-order valence-corrected chi connectivity index (χ1v) is 4.66. The number of likely N-dealkylation sites (N-methyl/N-ethyl adjacent to an activating group) is 1. The predicted molar refractivity (Wildman–Crippen MR) is 54.6 cm³/mol. The van der Waals surface area contributed by atoms with Crippen LogP contribution in [0.2, 0.25) is 0 Å². The first kappa shape index (κ1) is 10.3. The maximum Gasteiger partial charge on any atom is 0.0594 e. The van der Waals surface area contributed by atoms with Gasteiger partial charge < -0.3 is 10.1 Å². The molecule has 0 unspecified atom stereocenters. The Balaban J connectivity index is 2.35. The van der Waals surface area contributed by atoms with Gasteiger partial charge in [0.25, 0.3) is 0 Å². The minimum absolute atomic E-state index is 0.852. The molecule has 74 valence electrons. The average Bonchev–Trinajstić information content (AvgIpc) is 2.19. The molecule has 0 radical (unpaired) electrons. The highest BCUT2D eigenvalue weighted by Crippen LogP contribution is 2.00. The fourth-order valence-electron chi connectivity index (χ4n) is 1.36. The van der Waals surface area contributed by atoms with Crippen molar-refractivity contribution < 1.29 is 4.74 Å². The van der Waals surface area contributed by atoms with Crippen LogP contribution in [0.25, 0.3) is 0 Å². The SMILES string of the molecule is C=C/C=C(/CN1CCOCC1)NC. The highest BCUT2D eigenvalue weighted by atomic mass is 16.5. The van der Waals surface area contributed by atoms with E-state index in [9.17, 15) is 0 Å². The number of hydrogen-bond acceptors (Lipinski definition) is 3. The van der Waals surface area contributed by atoms with Crippen LogP contribution < -0.4 is 5.32 Å². The van der Waals surface area contributed by atoms with Crippen molar-refractivity contribution in [3.8, 4) is 0 Å². The van der Waals surface area contributed by atoms with E-state index in [0.29, 0.717) is 0 Å². The van der Waals surface area contributed by atoms with E-state index in [-0.39, 0.29) is 0 Å². The van der Waals surface area contributed by atoms with Crippen molar-refractivity contribution in [3.63, 3.8) is 0 Å². The molecule has 0 amide bonds. The molecular weight excluding hydrogens is 164 g/mol. The zero-order valence-electron chi connectivity index (χ0n) is 8.25. The van der Waals surface area contributed by atoms with Crippen LogP contribution in [-0.4, -0.2) is 44.8 Å². The van der Waals surface area contributed by atoms with E-state index in [0.717, 1.165) is 32.8 Å². The molecule has 1 heterocycles. The Morgan fingerprint density at radius 2 is 2.23 bits per heavy atom. The standard InChI is InChI=1S/C10H18N2O/c1-3-4-10(11-2)9-12-5-7-13-8-6-12/h3-4,11H,1,5-9H2,2H3/b10-4-. The molecule has 0 aliphatic carbocycles. The van der Waals surface area contributed by atoms with Crippen molar-refractivity contribution in [2.24, 2.45) is 0 Å². The zero-order valence-corrected chi connectivity index (χ0v) is 8.25. The third kappa shape index (κ3) is 3.61. The molecule has 3 nitrogen and oxygen atoms in total. The molecule has 0 bridgehead atoms. The smallest absolute Gasteiger partial charge is 0.0594 e. The number of nitrogens with one attached hydrogen (secondary N) is 1. The van der Waals surface area contributed by atoms with Gasteiger partial charge in [0.15, 0.2) is 0 Å². The van der Waals surface area contributed by atoms with Gasteiger partial charge in [-0.1, -0.05) is 12.7 Å². The lowest BCUT2D eigenvalue weighted by Crippen LogP contribution is -2.38. The third-order valence-corrected chi connectivity index (χ3v) is 2.14. The van der Waals surface area contributed by atoms with Gasteiger partial charge in [0.2, 0.25) is 0 Å². The summed E-state index contributed by atoms with van der Waals surface area (Å²) in [5.41, 5.74) is 1.21. The molecule has 3 heteroatoms. The monoisotopic (exact) mass is 182 g/mol. The van der Waals surface area contributed by atoms with E-state index < -0.39 is 0 Å². The van der Waals surface area contributed by atoms with E-state index in [1.165, 1.54) is 5.70 Å². The summed E-state index contributed by atoms with van der Waals surface area (Å²) >= 11 is 0. The van der Waals surface area contributed by atoms with Crippen LogP contribution in [0.1, 0.15) is 0 Å². The second-order valence-corrected chi connectivity index (χ2v) is 3.07. The van der Waals surface area contributed by atoms with Crippen molar-refractivity contribution in [2.75, 3.05) is 39.9 Å². The lowest BCUT2D eigenvalue weighted by molar-refractivity contribution is 0.0417. The summed E-state index contributed by atoms with van der Waals surface area (Å²) in [5.74, 6) is 0. The normalized spacial score (nSPS) is 19.9. The summed E-state index contributed by atoms with van der Waals surface area (Å²) in [6.45, 7) is 8.40. The van der Waals surface area contributed by atoms with Gasteiger partial charge in [0.05, 0.1) is 13.2 Å². The summed E-state index contributed by atoms with van der Waals surface area (Å²) in [6, 6.07) is 0. The topological polar surface area (TPSA) is 24.5 Å². The lowest BCUT2D eigenvalue weighted by Gasteiger charge is -2.27.